The van der Waals surface area contributed by atoms with Gasteiger partial charge in [0.05, 0.1) is 0 Å². The molecule has 2 rings (SSSR count). The third kappa shape index (κ3) is 5.26. The Balaban J connectivity index is 1.88. The second-order valence-corrected chi connectivity index (χ2v) is 5.93. The molecule has 0 aliphatic heterocycles. The minimum absolute atomic E-state index is 0.0538. The summed E-state index contributed by atoms with van der Waals surface area (Å²) >= 11 is 1.26. The van der Waals surface area contributed by atoms with Crippen molar-refractivity contribution in [1.82, 2.24) is 0 Å². The fraction of sp³-hybridized carbons (Fsp3) is 0.176. The van der Waals surface area contributed by atoms with Gasteiger partial charge in [0.2, 0.25) is 5.91 Å². The lowest BCUT2D eigenvalue weighted by atomic mass is 10.2. The lowest BCUT2D eigenvalue weighted by Gasteiger charge is -2.12. The number of rotatable bonds is 7. The Morgan fingerprint density at radius 2 is 1.59 bits per heavy atom. The molecule has 0 spiro atoms. The van der Waals surface area contributed by atoms with Gasteiger partial charge in [-0.2, -0.15) is 0 Å². The molecule has 1 amide bonds. The Bertz CT molecular complexity index is 616. The molecule has 0 heterocycles. The van der Waals surface area contributed by atoms with Crippen LogP contribution in [0.25, 0.3) is 0 Å². The molecule has 1 unspecified atom stereocenters. The second-order valence-electron chi connectivity index (χ2n) is 4.74. The number of hydrogen-bond donors (Lipinski definition) is 2. The van der Waals surface area contributed by atoms with Gasteiger partial charge in [-0.1, -0.05) is 48.5 Å². The highest BCUT2D eigenvalue weighted by molar-refractivity contribution is 7.99. The van der Waals surface area contributed by atoms with Crippen molar-refractivity contribution in [3.8, 4) is 0 Å². The van der Waals surface area contributed by atoms with Crippen LogP contribution < -0.4 is 5.32 Å². The molecule has 2 aromatic carbocycles. The molecule has 0 aromatic heterocycles. The number of nitrogens with one attached hydrogen (secondary N) is 1. The molecule has 2 N–H and O–H groups in total. The highest BCUT2D eigenvalue weighted by atomic mass is 32.2. The maximum Gasteiger partial charge on any atom is 0.317 e. The first-order chi connectivity index (χ1) is 10.6. The van der Waals surface area contributed by atoms with E-state index in [1.54, 1.807) is 12.1 Å². The van der Waals surface area contributed by atoms with Crippen molar-refractivity contribution in [2.75, 3.05) is 5.32 Å². The van der Waals surface area contributed by atoms with Crippen LogP contribution in [-0.2, 0) is 15.3 Å². The van der Waals surface area contributed by atoms with Gasteiger partial charge < -0.3 is 10.4 Å². The Hall–Kier alpha value is -2.27. The second kappa shape index (κ2) is 8.24. The zero-order valence-corrected chi connectivity index (χ0v) is 12.8. The number of hydrogen-bond acceptors (Lipinski definition) is 3. The molecule has 0 aliphatic carbocycles. The highest BCUT2D eigenvalue weighted by Crippen LogP contribution is 2.21. The number of benzene rings is 2. The van der Waals surface area contributed by atoms with Crippen LogP contribution in [-0.4, -0.2) is 22.2 Å². The van der Waals surface area contributed by atoms with Crippen molar-refractivity contribution >= 4 is 29.3 Å². The van der Waals surface area contributed by atoms with Gasteiger partial charge in [-0.05, 0) is 17.7 Å². The Kier molecular flexibility index (Phi) is 6.03. The smallest absolute Gasteiger partial charge is 0.317 e. The summed E-state index contributed by atoms with van der Waals surface area (Å²) in [5.74, 6) is -0.695. The molecule has 0 fully saturated rings. The minimum Gasteiger partial charge on any atom is -0.480 e. The van der Waals surface area contributed by atoms with Gasteiger partial charge in [-0.25, -0.2) is 0 Å². The van der Waals surface area contributed by atoms with Crippen molar-refractivity contribution < 1.29 is 14.7 Å². The first-order valence-electron chi connectivity index (χ1n) is 6.88. The largest absolute Gasteiger partial charge is 0.480 e. The van der Waals surface area contributed by atoms with E-state index in [0.29, 0.717) is 11.4 Å². The highest BCUT2D eigenvalue weighted by Gasteiger charge is 2.21. The molecule has 0 aliphatic rings. The van der Waals surface area contributed by atoms with Crippen LogP contribution in [0.4, 0.5) is 5.69 Å². The van der Waals surface area contributed by atoms with Gasteiger partial charge >= 0.3 is 5.97 Å². The van der Waals surface area contributed by atoms with E-state index < -0.39 is 11.2 Å². The summed E-state index contributed by atoms with van der Waals surface area (Å²) < 4.78 is 0. The predicted octanol–water partition coefficient (Wildman–Crippen LogP) is 3.40. The predicted molar refractivity (Wildman–Crippen MR) is 88.8 cm³/mol. The monoisotopic (exact) mass is 315 g/mol. The minimum atomic E-state index is -0.968. The summed E-state index contributed by atoms with van der Waals surface area (Å²) in [6.45, 7) is 0. The molecule has 114 valence electrons. The Morgan fingerprint density at radius 3 is 2.18 bits per heavy atom. The quantitative estimate of drug-likeness (QED) is 0.822. The van der Waals surface area contributed by atoms with E-state index in [4.69, 9.17) is 0 Å². The van der Waals surface area contributed by atoms with E-state index in [1.807, 2.05) is 48.5 Å². The standard InChI is InChI=1S/C17H17NO3S/c19-16(18-14-9-5-2-6-10-14)11-15(17(20)21)22-12-13-7-3-1-4-8-13/h1-10,15H,11-12H2,(H,18,19)(H,20,21). The molecule has 0 radical (unpaired) electrons. The van der Waals surface area contributed by atoms with Crippen LogP contribution in [0.1, 0.15) is 12.0 Å². The number of anilines is 1. The first kappa shape index (κ1) is 16.1. The van der Waals surface area contributed by atoms with Crippen LogP contribution >= 0.6 is 11.8 Å². The van der Waals surface area contributed by atoms with Crippen LogP contribution in [0.3, 0.4) is 0 Å². The molecule has 5 heteroatoms. The number of aliphatic carboxylic acids is 1. The summed E-state index contributed by atoms with van der Waals surface area (Å²) in [6.07, 6.45) is -0.0538. The first-order valence-corrected chi connectivity index (χ1v) is 7.93. The SMILES string of the molecule is O=C(CC(SCc1ccccc1)C(=O)O)Nc1ccccc1. The van der Waals surface area contributed by atoms with Crippen molar-refractivity contribution in [3.63, 3.8) is 0 Å². The lowest BCUT2D eigenvalue weighted by molar-refractivity contribution is -0.137. The van der Waals surface area contributed by atoms with Gasteiger partial charge in [0.1, 0.15) is 5.25 Å². The zero-order chi connectivity index (χ0) is 15.8. The van der Waals surface area contributed by atoms with Crippen molar-refractivity contribution in [2.45, 2.75) is 17.4 Å². The maximum atomic E-state index is 12.0. The number of amides is 1. The molecule has 2 aromatic rings. The van der Waals surface area contributed by atoms with E-state index >= 15 is 0 Å². The molecular weight excluding hydrogens is 298 g/mol. The summed E-state index contributed by atoms with van der Waals surface area (Å²) in [5.41, 5.74) is 1.71. The maximum absolute atomic E-state index is 12.0. The van der Waals surface area contributed by atoms with E-state index in [9.17, 15) is 14.7 Å². The van der Waals surface area contributed by atoms with Crippen molar-refractivity contribution in [1.29, 1.82) is 0 Å². The average Bonchev–Trinajstić information content (AvgIpc) is 2.53. The Labute approximate surface area is 133 Å². The van der Waals surface area contributed by atoms with Crippen molar-refractivity contribution in [3.05, 3.63) is 66.2 Å². The average molecular weight is 315 g/mol. The molecule has 22 heavy (non-hydrogen) atoms. The summed E-state index contributed by atoms with van der Waals surface area (Å²) in [4.78, 5) is 23.3. The van der Waals surface area contributed by atoms with Gasteiger partial charge in [0.15, 0.2) is 0 Å². The van der Waals surface area contributed by atoms with Crippen LogP contribution in [0, 0.1) is 0 Å². The van der Waals surface area contributed by atoms with Crippen LogP contribution in [0.2, 0.25) is 0 Å². The van der Waals surface area contributed by atoms with E-state index in [2.05, 4.69) is 5.32 Å². The third-order valence-corrected chi connectivity index (χ3v) is 4.27. The van der Waals surface area contributed by atoms with Gasteiger partial charge in [-0.15, -0.1) is 11.8 Å². The topological polar surface area (TPSA) is 66.4 Å². The fourth-order valence-corrected chi connectivity index (χ4v) is 2.89. The number of thioether (sulfide) groups is 1. The van der Waals surface area contributed by atoms with Crippen LogP contribution in [0.5, 0.6) is 0 Å². The van der Waals surface area contributed by atoms with E-state index in [1.165, 1.54) is 11.8 Å². The van der Waals surface area contributed by atoms with Crippen LogP contribution in [0.15, 0.2) is 60.7 Å². The molecule has 0 saturated heterocycles. The third-order valence-electron chi connectivity index (χ3n) is 3.00. The van der Waals surface area contributed by atoms with Gasteiger partial charge in [-0.3, -0.25) is 9.59 Å². The molecule has 1 atom stereocenters. The van der Waals surface area contributed by atoms with Gasteiger partial charge in [0, 0.05) is 17.9 Å². The fourth-order valence-electron chi connectivity index (χ4n) is 1.89. The Morgan fingerprint density at radius 1 is 1.00 bits per heavy atom. The lowest BCUT2D eigenvalue weighted by Crippen LogP contribution is -2.24. The van der Waals surface area contributed by atoms with E-state index in [-0.39, 0.29) is 12.3 Å². The number of para-hydroxylation sites is 1. The number of carboxylic acids is 1. The van der Waals surface area contributed by atoms with Gasteiger partial charge in [0.25, 0.3) is 0 Å². The zero-order valence-electron chi connectivity index (χ0n) is 11.9. The molecule has 4 nitrogen and oxygen atoms in total. The van der Waals surface area contributed by atoms with Crippen molar-refractivity contribution in [2.24, 2.45) is 0 Å². The molecular formula is C17H17NO3S. The summed E-state index contributed by atoms with van der Waals surface area (Å²) in [7, 11) is 0. The molecule has 0 bridgehead atoms. The summed E-state index contributed by atoms with van der Waals surface area (Å²) in [6, 6.07) is 18.6. The number of carbonyl (C=O) groups is 2. The van der Waals surface area contributed by atoms with E-state index in [0.717, 1.165) is 5.56 Å². The normalized spacial score (nSPS) is 11.6. The molecule has 0 saturated carbocycles. The number of carbonyl (C=O) groups excluding carboxylic acids is 1. The number of carboxylic acid groups (broad SMARTS) is 1. The summed E-state index contributed by atoms with van der Waals surface area (Å²) in [5, 5.41) is 11.2.